The molecule has 27 nitrogen and oxygen atoms in total. The van der Waals surface area contributed by atoms with E-state index in [-0.39, 0.29) is 178 Å². The molecular weight excluding hydrogens is 1390 g/mol. The van der Waals surface area contributed by atoms with Crippen LogP contribution in [0.4, 0.5) is 0 Å². The van der Waals surface area contributed by atoms with Crippen molar-refractivity contribution in [3.05, 3.63) is 37.3 Å². The molecule has 0 radical (unpaired) electrons. The van der Waals surface area contributed by atoms with Crippen LogP contribution in [0.2, 0.25) is 0 Å². The Morgan fingerprint density at radius 1 is 0.426 bits per heavy atom. The zero-order valence-electron chi connectivity index (χ0n) is 57.1. The van der Waals surface area contributed by atoms with E-state index in [4.69, 9.17) is 23.2 Å². The van der Waals surface area contributed by atoms with Crippen molar-refractivity contribution in [2.24, 2.45) is 23.7 Å². The maximum atomic E-state index is 12.4. The van der Waals surface area contributed by atoms with Gasteiger partial charge in [-0.3, -0.25) is 43.2 Å². The summed E-state index contributed by atoms with van der Waals surface area (Å²) in [5, 5.41) is 24.2. The number of rotatable bonds is 44. The third-order valence-electron chi connectivity index (χ3n) is 12.8. The number of nitrogens with one attached hydrogen (secondary N) is 9. The summed E-state index contributed by atoms with van der Waals surface area (Å²) in [6.07, 6.45) is 6.55. The monoisotopic (exact) mass is 1500 g/mol. The number of nitrogens with zero attached hydrogens (tertiary/aromatic N) is 3. The molecule has 0 aliphatic carbocycles. The maximum absolute atomic E-state index is 12.4. The van der Waals surface area contributed by atoms with Crippen LogP contribution in [0, 0.1) is 23.7 Å². The first-order valence-electron chi connectivity index (χ1n) is 30.0. The Morgan fingerprint density at radius 2 is 0.713 bits per heavy atom. The van der Waals surface area contributed by atoms with Crippen molar-refractivity contribution in [3.63, 3.8) is 0 Å². The highest BCUT2D eigenvalue weighted by atomic mass is 35.5. The van der Waals surface area contributed by atoms with Gasteiger partial charge >= 0.3 is 0 Å². The third kappa shape index (κ3) is 67.6. The van der Waals surface area contributed by atoms with E-state index in [1.165, 1.54) is 6.08 Å². The number of carbonyl (C=O) groups excluding carboxylic acids is 9. The number of amides is 9. The van der Waals surface area contributed by atoms with Gasteiger partial charge in [0.2, 0.25) is 53.2 Å². The molecule has 0 aromatic carbocycles. The molecule has 9 N–H and O–H groups in total. The molecule has 0 heterocycles. The molecule has 9 amide bonds. The van der Waals surface area contributed by atoms with Gasteiger partial charge in [-0.2, -0.15) is 0 Å². The molecule has 0 fully saturated rings. The lowest BCUT2D eigenvalue weighted by molar-refractivity contribution is -0.870. The van der Waals surface area contributed by atoms with Crippen LogP contribution in [-0.4, -0.2) is 255 Å². The van der Waals surface area contributed by atoms with E-state index in [1.807, 2.05) is 13.8 Å². The van der Waals surface area contributed by atoms with Gasteiger partial charge in [-0.15, -0.1) is 23.2 Å². The molecule has 0 aromatic rings. The number of sulfone groups is 3. The summed E-state index contributed by atoms with van der Waals surface area (Å²) in [7, 11) is 8.95. The van der Waals surface area contributed by atoms with Crippen molar-refractivity contribution in [1.82, 2.24) is 47.9 Å². The normalized spacial score (nSPS) is 12.3. The number of alkyl halides is 2. The van der Waals surface area contributed by atoms with E-state index in [9.17, 15) is 68.4 Å². The van der Waals surface area contributed by atoms with E-state index in [0.717, 1.165) is 70.4 Å². The van der Waals surface area contributed by atoms with E-state index < -0.39 is 53.1 Å². The smallest absolute Gasteiger partial charge is 0.244 e. The average molecular weight is 1510 g/mol. The summed E-state index contributed by atoms with van der Waals surface area (Å²) in [6.45, 7) is 21.8. The van der Waals surface area contributed by atoms with Gasteiger partial charge in [-0.1, -0.05) is 54.9 Å². The van der Waals surface area contributed by atoms with Gasteiger partial charge in [0, 0.05) is 99.0 Å². The van der Waals surface area contributed by atoms with Crippen LogP contribution in [0.25, 0.3) is 0 Å². The minimum Gasteiger partial charge on any atom is -1.00 e. The Labute approximate surface area is 592 Å². The zero-order chi connectivity index (χ0) is 70.4. The van der Waals surface area contributed by atoms with Gasteiger partial charge in [-0.05, 0) is 37.8 Å². The number of carbonyl (C=O) groups is 9. The zero-order valence-corrected chi connectivity index (χ0v) is 63.4. The first-order valence-corrected chi connectivity index (χ1v) is 36.4. The van der Waals surface area contributed by atoms with Crippen LogP contribution in [0.15, 0.2) is 37.3 Å². The maximum Gasteiger partial charge on any atom is 0.244 e. The number of halogens is 5. The highest BCUT2D eigenvalue weighted by molar-refractivity contribution is 7.94. The Kier molecular flexibility index (Phi) is 64.8. The van der Waals surface area contributed by atoms with Crippen LogP contribution in [0.3, 0.4) is 0 Å². The third-order valence-corrected chi connectivity index (χ3v) is 18.2. The molecular formula is C59H117Cl5N12O15S3. The minimum absolute atomic E-state index is 0. The second-order valence-electron chi connectivity index (χ2n) is 24.3. The Hall–Kier alpha value is -4.37. The topological polar surface area (TPSA) is 364 Å². The van der Waals surface area contributed by atoms with Crippen LogP contribution in [0.1, 0.15) is 99.3 Å². The summed E-state index contributed by atoms with van der Waals surface area (Å²) >= 11 is 10.7. The fraction of sp³-hybridized carbons (Fsp3) is 0.746. The van der Waals surface area contributed by atoms with E-state index in [1.54, 1.807) is 13.8 Å². The average Bonchev–Trinajstić information content (AvgIpc) is 1.29. The second-order valence-corrected chi connectivity index (χ2v) is 31.7. The largest absolute Gasteiger partial charge is 1.00 e. The SMILES string of the molecule is C.C=CC(=O)NCCC[N+](C)(C)C.C=CC(=O)NCNC(=O)CCS(=O)(=O)CCCl.C=CS(=O)(=O)CCC(=O)NCNC(=O)C(CC)CC(C)C(=O)NCCC[N+](C)(C)C.CCC(CC(C)C(=O)NCCC[N+](C)(C)C)C(=O)NCNC(=O)CCS(=O)(=O)CCCl.[Cl-].[Cl-].[Cl-]. The molecule has 556 valence electrons. The molecule has 0 saturated carbocycles. The molecule has 0 bridgehead atoms. The summed E-state index contributed by atoms with van der Waals surface area (Å²) in [6, 6.07) is 0. The molecule has 0 aliphatic heterocycles. The molecule has 0 aromatic heterocycles. The number of hydrogen-bond acceptors (Lipinski definition) is 15. The highest BCUT2D eigenvalue weighted by Crippen LogP contribution is 2.17. The van der Waals surface area contributed by atoms with Crippen LogP contribution in [0.5, 0.6) is 0 Å². The van der Waals surface area contributed by atoms with Gasteiger partial charge in [0.1, 0.15) is 0 Å². The van der Waals surface area contributed by atoms with Crippen LogP contribution >= 0.6 is 23.2 Å². The van der Waals surface area contributed by atoms with Crippen molar-refractivity contribution < 1.29 is 119 Å². The first-order chi connectivity index (χ1) is 41.5. The summed E-state index contributed by atoms with van der Waals surface area (Å²) < 4.78 is 70.8. The molecule has 0 spiro atoms. The molecule has 0 aliphatic rings. The van der Waals surface area contributed by atoms with Crippen LogP contribution < -0.4 is 85.1 Å². The van der Waals surface area contributed by atoms with E-state index >= 15 is 0 Å². The van der Waals surface area contributed by atoms with Gasteiger partial charge in [-0.25, -0.2) is 25.3 Å². The van der Waals surface area contributed by atoms with Crippen molar-refractivity contribution in [3.8, 4) is 0 Å². The van der Waals surface area contributed by atoms with Gasteiger partial charge in [0.15, 0.2) is 29.5 Å². The van der Waals surface area contributed by atoms with E-state index in [0.29, 0.717) is 38.8 Å². The van der Waals surface area contributed by atoms with Crippen molar-refractivity contribution in [1.29, 1.82) is 0 Å². The molecule has 4 atom stereocenters. The molecule has 35 heteroatoms. The van der Waals surface area contributed by atoms with Gasteiger partial charge in [0.05, 0.1) is 132 Å². The Bertz CT molecular complexity index is 2570. The molecule has 4 unspecified atom stereocenters. The summed E-state index contributed by atoms with van der Waals surface area (Å²) in [5.41, 5.74) is 0. The Balaban J connectivity index is -0.000000182. The lowest BCUT2D eigenvalue weighted by atomic mass is 9.92. The van der Waals surface area contributed by atoms with Gasteiger partial charge in [0.25, 0.3) is 0 Å². The molecule has 0 rings (SSSR count). The first kappa shape index (κ1) is 106. The van der Waals surface area contributed by atoms with E-state index in [2.05, 4.69) is 131 Å². The summed E-state index contributed by atoms with van der Waals surface area (Å²) in [5.74, 6) is -5.01. The summed E-state index contributed by atoms with van der Waals surface area (Å²) in [4.78, 5) is 105. The van der Waals surface area contributed by atoms with Crippen LogP contribution in [-0.2, 0) is 72.7 Å². The van der Waals surface area contributed by atoms with Gasteiger partial charge < -0.3 is 98.5 Å². The predicted molar refractivity (Wildman–Crippen MR) is 364 cm³/mol. The van der Waals surface area contributed by atoms with Crippen molar-refractivity contribution in [2.75, 3.05) is 163 Å². The molecule has 0 saturated heterocycles. The fourth-order valence-corrected chi connectivity index (χ4v) is 11.2. The predicted octanol–water partition coefficient (Wildman–Crippen LogP) is -7.69. The quantitative estimate of drug-likeness (QED) is 0.00900. The minimum atomic E-state index is -3.43. The van der Waals surface area contributed by atoms with Crippen molar-refractivity contribution >= 4 is 106 Å². The number of quaternary nitrogens is 3. The second kappa shape index (κ2) is 57.7. The highest BCUT2D eigenvalue weighted by Gasteiger charge is 2.25. The van der Waals surface area contributed by atoms with Crippen molar-refractivity contribution in [2.45, 2.75) is 99.3 Å². The standard InChI is InChI=1S/C20H39ClN4O5S.C20H38N4O5S.C9H15ClN2O4S.C9H18N2O.CH4.3ClH/c1-6-17(14-16(2)19(27)22-10-7-11-25(3,4)5)20(28)24-15-23-18(26)8-12-31(29,30)13-9-21;1-7-17(14-16(3)19(26)21-11-9-12-24(4,5)6)20(27)23-15-22-18(25)10-13-30(28,29)8-2;1-2-8(13)11-7-12-9(14)3-5-17(15,16)6-4-10;1-5-9(12)10-7-6-8-11(2,3)4;;;;/h16-17H,6-15H2,1-5H3,(H2-,22,23,24,26,27,28);8,16-17H,2,7,9-15H2,1,3-6H3,(H2-,21,22,23,25,26,27);2H,1,3-7H2,(H,11,13)(H,12,14);5H,1,6-8H2,2-4H3;1H4;3*1H. The fourth-order valence-electron chi connectivity index (χ4n) is 7.27. The Morgan fingerprint density at radius 3 is 0.989 bits per heavy atom. The molecule has 94 heavy (non-hydrogen) atoms. The lowest BCUT2D eigenvalue weighted by Gasteiger charge is -2.24. The number of hydrogen-bond donors (Lipinski definition) is 9. The lowest BCUT2D eigenvalue weighted by Crippen LogP contribution is -3.00.